The molecule has 0 aliphatic rings. The van der Waals surface area contributed by atoms with Gasteiger partial charge in [-0.05, 0) is 12.1 Å². The lowest BCUT2D eigenvalue weighted by atomic mass is 10.4. The highest BCUT2D eigenvalue weighted by Crippen LogP contribution is 2.11. The number of hydrogen-bond donors (Lipinski definition) is 2. The quantitative estimate of drug-likeness (QED) is 0.779. The molecule has 16 heavy (non-hydrogen) atoms. The highest BCUT2D eigenvalue weighted by atomic mass is 16.1. The Morgan fingerprint density at radius 2 is 2.31 bits per heavy atom. The van der Waals surface area contributed by atoms with Crippen molar-refractivity contribution in [3.05, 3.63) is 36.4 Å². The Hall–Kier alpha value is -2.37. The Bertz CT molecular complexity index is 519. The number of nitrogens with two attached hydrogens (primary N) is 1. The van der Waals surface area contributed by atoms with E-state index in [1.165, 1.54) is 0 Å². The zero-order valence-electron chi connectivity index (χ0n) is 8.71. The number of hydrogen-bond acceptors (Lipinski definition) is 4. The average Bonchev–Trinajstić information content (AvgIpc) is 2.78. The second-order valence-corrected chi connectivity index (χ2v) is 3.19. The van der Waals surface area contributed by atoms with Crippen LogP contribution in [0.4, 0.5) is 5.69 Å². The lowest BCUT2D eigenvalue weighted by Crippen LogP contribution is -2.12. The molecule has 1 amide bonds. The van der Waals surface area contributed by atoms with Gasteiger partial charge in [-0.15, -0.1) is 0 Å². The molecule has 0 saturated heterocycles. The normalized spacial score (nSPS) is 10.1. The number of carbonyl (C=O) groups is 1. The van der Waals surface area contributed by atoms with Gasteiger partial charge in [-0.2, -0.15) is 5.10 Å². The number of nitrogens with one attached hydrogen (secondary N) is 1. The fraction of sp³-hybridized carbons (Fsp3) is 0.100. The Kier molecular flexibility index (Phi) is 2.55. The molecule has 2 aromatic heterocycles. The fourth-order valence-electron chi connectivity index (χ4n) is 1.29. The average molecular weight is 217 g/mol. The van der Waals surface area contributed by atoms with Crippen molar-refractivity contribution in [1.82, 2.24) is 14.8 Å². The van der Waals surface area contributed by atoms with Crippen molar-refractivity contribution in [3.63, 3.8) is 0 Å². The first-order valence-corrected chi connectivity index (χ1v) is 4.69. The molecule has 0 spiro atoms. The van der Waals surface area contributed by atoms with Crippen LogP contribution in [0.15, 0.2) is 30.7 Å². The number of amides is 1. The van der Waals surface area contributed by atoms with E-state index in [-0.39, 0.29) is 5.69 Å². The van der Waals surface area contributed by atoms with Gasteiger partial charge in [0.1, 0.15) is 5.69 Å². The van der Waals surface area contributed by atoms with E-state index in [2.05, 4.69) is 15.4 Å². The molecule has 0 saturated carbocycles. The Balaban J connectivity index is 2.38. The third-order valence-corrected chi connectivity index (χ3v) is 2.12. The predicted molar refractivity (Wildman–Crippen MR) is 59.4 cm³/mol. The van der Waals surface area contributed by atoms with Crippen molar-refractivity contribution in [2.75, 3.05) is 12.4 Å². The highest BCUT2D eigenvalue weighted by molar-refractivity contribution is 5.90. The van der Waals surface area contributed by atoms with Gasteiger partial charge in [-0.1, -0.05) is 0 Å². The minimum atomic E-state index is -0.545. The smallest absolute Gasteiger partial charge is 0.269 e. The van der Waals surface area contributed by atoms with Crippen LogP contribution in [0.25, 0.3) is 5.69 Å². The summed E-state index contributed by atoms with van der Waals surface area (Å²) in [6.07, 6.45) is 5.01. The van der Waals surface area contributed by atoms with Crippen molar-refractivity contribution in [3.8, 4) is 5.69 Å². The SMILES string of the molecule is CNc1cncc(-n2ccc(C(N)=O)n2)c1. The van der Waals surface area contributed by atoms with Gasteiger partial charge in [0.05, 0.1) is 23.8 Å². The minimum absolute atomic E-state index is 0.231. The highest BCUT2D eigenvalue weighted by Gasteiger charge is 2.06. The molecule has 0 aliphatic heterocycles. The summed E-state index contributed by atoms with van der Waals surface area (Å²) < 4.78 is 1.55. The predicted octanol–water partition coefficient (Wildman–Crippen LogP) is 0.408. The first-order chi connectivity index (χ1) is 7.70. The molecule has 0 atom stereocenters. The lowest BCUT2D eigenvalue weighted by molar-refractivity contribution is 0.0995. The molecule has 6 nitrogen and oxygen atoms in total. The van der Waals surface area contributed by atoms with Crippen LogP contribution < -0.4 is 11.1 Å². The first kappa shape index (κ1) is 10.2. The summed E-state index contributed by atoms with van der Waals surface area (Å²) in [6, 6.07) is 3.43. The molecule has 0 unspecified atom stereocenters. The van der Waals surface area contributed by atoms with Gasteiger partial charge in [0.2, 0.25) is 0 Å². The number of nitrogens with zero attached hydrogens (tertiary/aromatic N) is 3. The standard InChI is InChI=1S/C10H11N5O/c1-12-7-4-8(6-13-5-7)15-3-2-9(14-15)10(11)16/h2-6,12H,1H3,(H2,11,16). The van der Waals surface area contributed by atoms with Crippen molar-refractivity contribution in [1.29, 1.82) is 0 Å². The number of carbonyl (C=O) groups excluding carboxylic acids is 1. The van der Waals surface area contributed by atoms with E-state index in [0.29, 0.717) is 0 Å². The van der Waals surface area contributed by atoms with E-state index in [0.717, 1.165) is 11.4 Å². The van der Waals surface area contributed by atoms with Crippen LogP contribution in [0.5, 0.6) is 0 Å². The molecule has 0 aromatic carbocycles. The second kappa shape index (κ2) is 4.01. The van der Waals surface area contributed by atoms with Gasteiger partial charge in [0.15, 0.2) is 0 Å². The summed E-state index contributed by atoms with van der Waals surface area (Å²) in [6.45, 7) is 0. The van der Waals surface area contributed by atoms with Gasteiger partial charge >= 0.3 is 0 Å². The molecule has 2 aromatic rings. The Labute approximate surface area is 92.1 Å². The van der Waals surface area contributed by atoms with Crippen molar-refractivity contribution >= 4 is 11.6 Å². The summed E-state index contributed by atoms with van der Waals surface area (Å²) in [5.74, 6) is -0.545. The molecule has 0 radical (unpaired) electrons. The van der Waals surface area contributed by atoms with E-state index in [9.17, 15) is 4.79 Å². The van der Waals surface area contributed by atoms with E-state index in [4.69, 9.17) is 5.73 Å². The first-order valence-electron chi connectivity index (χ1n) is 4.69. The van der Waals surface area contributed by atoms with Gasteiger partial charge in [0.25, 0.3) is 5.91 Å². The van der Waals surface area contributed by atoms with E-state index in [1.807, 2.05) is 6.07 Å². The lowest BCUT2D eigenvalue weighted by Gasteiger charge is -2.03. The second-order valence-electron chi connectivity index (χ2n) is 3.19. The number of primary amides is 1. The van der Waals surface area contributed by atoms with Gasteiger partial charge in [-0.3, -0.25) is 9.78 Å². The minimum Gasteiger partial charge on any atom is -0.387 e. The molecule has 82 valence electrons. The zero-order valence-corrected chi connectivity index (χ0v) is 8.71. The van der Waals surface area contributed by atoms with Crippen LogP contribution in [0.2, 0.25) is 0 Å². The van der Waals surface area contributed by atoms with E-state index in [1.54, 1.807) is 36.4 Å². The zero-order chi connectivity index (χ0) is 11.5. The van der Waals surface area contributed by atoms with Crippen LogP contribution in [0.1, 0.15) is 10.5 Å². The van der Waals surface area contributed by atoms with E-state index >= 15 is 0 Å². The molecule has 3 N–H and O–H groups in total. The Morgan fingerprint density at radius 3 is 2.94 bits per heavy atom. The molecule has 2 rings (SSSR count). The summed E-state index contributed by atoms with van der Waals surface area (Å²) >= 11 is 0. The van der Waals surface area contributed by atoms with Crippen molar-refractivity contribution < 1.29 is 4.79 Å². The summed E-state index contributed by atoms with van der Waals surface area (Å²) in [5, 5.41) is 7.00. The third-order valence-electron chi connectivity index (χ3n) is 2.12. The Morgan fingerprint density at radius 1 is 1.50 bits per heavy atom. The maximum absolute atomic E-state index is 10.9. The number of anilines is 1. The van der Waals surface area contributed by atoms with E-state index < -0.39 is 5.91 Å². The van der Waals surface area contributed by atoms with Gasteiger partial charge in [-0.25, -0.2) is 4.68 Å². The largest absolute Gasteiger partial charge is 0.387 e. The summed E-state index contributed by atoms with van der Waals surface area (Å²) in [7, 11) is 1.80. The van der Waals surface area contributed by atoms with Crippen LogP contribution >= 0.6 is 0 Å². The summed E-state index contributed by atoms with van der Waals surface area (Å²) in [4.78, 5) is 14.9. The maximum atomic E-state index is 10.9. The van der Waals surface area contributed by atoms with Crippen LogP contribution in [-0.4, -0.2) is 27.7 Å². The summed E-state index contributed by atoms with van der Waals surface area (Å²) in [5.41, 5.74) is 6.98. The molecule has 0 fully saturated rings. The molecule has 0 bridgehead atoms. The van der Waals surface area contributed by atoms with Crippen LogP contribution in [-0.2, 0) is 0 Å². The molecule has 2 heterocycles. The van der Waals surface area contributed by atoms with Gasteiger partial charge in [0, 0.05) is 13.2 Å². The molecule has 6 heteroatoms. The third kappa shape index (κ3) is 1.85. The topological polar surface area (TPSA) is 85.8 Å². The van der Waals surface area contributed by atoms with Gasteiger partial charge < -0.3 is 11.1 Å². The monoisotopic (exact) mass is 217 g/mol. The van der Waals surface area contributed by atoms with Crippen LogP contribution in [0.3, 0.4) is 0 Å². The molecule has 0 aliphatic carbocycles. The maximum Gasteiger partial charge on any atom is 0.269 e. The van der Waals surface area contributed by atoms with Crippen LogP contribution in [0, 0.1) is 0 Å². The molecular formula is C10H11N5O. The number of pyridine rings is 1. The number of aromatic nitrogens is 3. The van der Waals surface area contributed by atoms with Crippen molar-refractivity contribution in [2.24, 2.45) is 5.73 Å². The molecular weight excluding hydrogens is 206 g/mol. The fourth-order valence-corrected chi connectivity index (χ4v) is 1.29. The van der Waals surface area contributed by atoms with Crippen molar-refractivity contribution in [2.45, 2.75) is 0 Å². The number of rotatable bonds is 3.